The van der Waals surface area contributed by atoms with Gasteiger partial charge in [-0.15, -0.1) is 0 Å². The standard InChI is InChI=1S/C21H42N2O/c1-17(2)23-14-12-22(13-15-23)11-10-19(5)16-20-6-8-21(9-7-20)24-18(3)4/h17-21H,6-16H2,1-5H3/t19-,20-,21-/m1/s1. The van der Waals surface area contributed by atoms with Gasteiger partial charge in [0.25, 0.3) is 0 Å². The van der Waals surface area contributed by atoms with Crippen LogP contribution in [0.5, 0.6) is 0 Å². The molecule has 3 nitrogen and oxygen atoms in total. The highest BCUT2D eigenvalue weighted by Crippen LogP contribution is 2.32. The fraction of sp³-hybridized carbons (Fsp3) is 1.00. The summed E-state index contributed by atoms with van der Waals surface area (Å²) in [6.07, 6.45) is 9.07. The van der Waals surface area contributed by atoms with Crippen LogP contribution in [-0.4, -0.2) is 60.8 Å². The van der Waals surface area contributed by atoms with E-state index in [2.05, 4.69) is 44.4 Å². The van der Waals surface area contributed by atoms with Crippen LogP contribution in [0.2, 0.25) is 0 Å². The monoisotopic (exact) mass is 338 g/mol. The topological polar surface area (TPSA) is 15.7 Å². The van der Waals surface area contributed by atoms with Crippen molar-refractivity contribution >= 4 is 0 Å². The molecule has 0 bridgehead atoms. The third-order valence-corrected chi connectivity index (χ3v) is 6.07. The molecular weight excluding hydrogens is 296 g/mol. The maximum Gasteiger partial charge on any atom is 0.0578 e. The van der Waals surface area contributed by atoms with Crippen LogP contribution in [0.1, 0.15) is 73.1 Å². The molecule has 1 heterocycles. The zero-order chi connectivity index (χ0) is 17.5. The van der Waals surface area contributed by atoms with E-state index in [1.54, 1.807) is 0 Å². The van der Waals surface area contributed by atoms with Crippen LogP contribution in [0.25, 0.3) is 0 Å². The Bertz CT molecular complexity index is 329. The zero-order valence-corrected chi connectivity index (χ0v) is 17.0. The molecule has 0 aromatic heterocycles. The molecule has 0 spiro atoms. The molecule has 1 aliphatic carbocycles. The molecule has 0 amide bonds. The summed E-state index contributed by atoms with van der Waals surface area (Å²) in [5.41, 5.74) is 0. The van der Waals surface area contributed by atoms with Crippen LogP contribution in [0.15, 0.2) is 0 Å². The number of piperazine rings is 1. The van der Waals surface area contributed by atoms with Crippen molar-refractivity contribution in [3.63, 3.8) is 0 Å². The lowest BCUT2D eigenvalue weighted by Gasteiger charge is -2.37. The maximum atomic E-state index is 5.99. The van der Waals surface area contributed by atoms with Gasteiger partial charge in [-0.25, -0.2) is 0 Å². The highest BCUT2D eigenvalue weighted by atomic mass is 16.5. The number of hydrogen-bond acceptors (Lipinski definition) is 3. The van der Waals surface area contributed by atoms with Crippen LogP contribution >= 0.6 is 0 Å². The van der Waals surface area contributed by atoms with Gasteiger partial charge in [-0.05, 0) is 84.6 Å². The van der Waals surface area contributed by atoms with Crippen LogP contribution < -0.4 is 0 Å². The summed E-state index contributed by atoms with van der Waals surface area (Å²) in [6, 6.07) is 0.709. The Kier molecular flexibility index (Phi) is 8.53. The van der Waals surface area contributed by atoms with Crippen molar-refractivity contribution < 1.29 is 4.74 Å². The van der Waals surface area contributed by atoms with Crippen LogP contribution in [0.4, 0.5) is 0 Å². The highest BCUT2D eigenvalue weighted by Gasteiger charge is 2.24. The van der Waals surface area contributed by atoms with Crippen molar-refractivity contribution in [2.75, 3.05) is 32.7 Å². The molecule has 0 unspecified atom stereocenters. The van der Waals surface area contributed by atoms with Crippen LogP contribution in [0.3, 0.4) is 0 Å². The van der Waals surface area contributed by atoms with Gasteiger partial charge in [0.05, 0.1) is 12.2 Å². The third-order valence-electron chi connectivity index (χ3n) is 6.07. The van der Waals surface area contributed by atoms with Gasteiger partial charge in [0.2, 0.25) is 0 Å². The average molecular weight is 339 g/mol. The Labute approximate surface area is 151 Å². The third kappa shape index (κ3) is 7.01. The predicted molar refractivity (Wildman–Crippen MR) is 104 cm³/mol. The van der Waals surface area contributed by atoms with Gasteiger partial charge in [0, 0.05) is 32.2 Å². The lowest BCUT2D eigenvalue weighted by molar-refractivity contribution is -0.0213. The quantitative estimate of drug-likeness (QED) is 0.652. The number of ether oxygens (including phenoxy) is 1. The Morgan fingerprint density at radius 1 is 0.875 bits per heavy atom. The Hall–Kier alpha value is -0.120. The van der Waals surface area contributed by atoms with E-state index in [1.807, 2.05) is 0 Å². The Morgan fingerprint density at radius 3 is 2.04 bits per heavy atom. The van der Waals surface area contributed by atoms with Gasteiger partial charge in [-0.3, -0.25) is 4.90 Å². The first-order valence-electron chi connectivity index (χ1n) is 10.6. The smallest absolute Gasteiger partial charge is 0.0578 e. The molecule has 2 rings (SSSR count). The molecule has 3 heteroatoms. The lowest BCUT2D eigenvalue weighted by Crippen LogP contribution is -2.49. The van der Waals surface area contributed by atoms with Crippen LogP contribution in [-0.2, 0) is 4.74 Å². The highest BCUT2D eigenvalue weighted by molar-refractivity contribution is 4.77. The number of nitrogens with zero attached hydrogens (tertiary/aromatic N) is 2. The molecule has 0 radical (unpaired) electrons. The lowest BCUT2D eigenvalue weighted by atomic mass is 9.81. The molecule has 142 valence electrons. The molecule has 1 saturated carbocycles. The first kappa shape index (κ1) is 20.2. The van der Waals surface area contributed by atoms with Crippen molar-refractivity contribution in [2.45, 2.75) is 91.4 Å². The molecule has 1 aliphatic heterocycles. The Morgan fingerprint density at radius 2 is 1.50 bits per heavy atom. The number of hydrogen-bond donors (Lipinski definition) is 0. The molecule has 2 fully saturated rings. The minimum absolute atomic E-state index is 0.390. The van der Waals surface area contributed by atoms with Gasteiger partial charge in [0.1, 0.15) is 0 Å². The summed E-state index contributed by atoms with van der Waals surface area (Å²) in [4.78, 5) is 5.29. The first-order valence-corrected chi connectivity index (χ1v) is 10.6. The summed E-state index contributed by atoms with van der Waals surface area (Å²) in [5.74, 6) is 1.82. The molecule has 24 heavy (non-hydrogen) atoms. The van der Waals surface area contributed by atoms with E-state index in [9.17, 15) is 0 Å². The average Bonchev–Trinajstić information content (AvgIpc) is 2.54. The summed E-state index contributed by atoms with van der Waals surface area (Å²) in [7, 11) is 0. The zero-order valence-electron chi connectivity index (χ0n) is 17.0. The molecular formula is C21H42N2O. The van der Waals surface area contributed by atoms with E-state index in [0.717, 1.165) is 11.8 Å². The summed E-state index contributed by atoms with van der Waals surface area (Å²) >= 11 is 0. The molecule has 0 aromatic rings. The second-order valence-electron chi connectivity index (χ2n) is 8.93. The fourth-order valence-corrected chi connectivity index (χ4v) is 4.48. The molecule has 1 atom stereocenters. The van der Waals surface area contributed by atoms with Gasteiger partial charge in [-0.1, -0.05) is 6.92 Å². The minimum Gasteiger partial charge on any atom is -0.376 e. The van der Waals surface area contributed by atoms with E-state index in [0.29, 0.717) is 18.2 Å². The first-order chi connectivity index (χ1) is 11.4. The second-order valence-corrected chi connectivity index (χ2v) is 8.93. The van der Waals surface area contributed by atoms with Gasteiger partial charge in [-0.2, -0.15) is 0 Å². The number of rotatable bonds is 8. The van der Waals surface area contributed by atoms with Gasteiger partial charge >= 0.3 is 0 Å². The summed E-state index contributed by atoms with van der Waals surface area (Å²) in [5, 5.41) is 0. The molecule has 1 saturated heterocycles. The Balaban J connectivity index is 1.57. The SMILES string of the molecule is CC(C)O[C@H]1CC[C@H](C[C@H](C)CCN2CCN(C(C)C)CC2)CC1. The van der Waals surface area contributed by atoms with Crippen molar-refractivity contribution in [1.82, 2.24) is 9.80 Å². The van der Waals surface area contributed by atoms with E-state index in [4.69, 9.17) is 4.74 Å². The molecule has 0 N–H and O–H groups in total. The summed E-state index contributed by atoms with van der Waals surface area (Å²) in [6.45, 7) is 17.8. The maximum absolute atomic E-state index is 5.99. The predicted octanol–water partition coefficient (Wildman–Crippen LogP) is 4.41. The van der Waals surface area contributed by atoms with Gasteiger partial charge < -0.3 is 9.64 Å². The van der Waals surface area contributed by atoms with E-state index in [1.165, 1.54) is 71.2 Å². The fourth-order valence-electron chi connectivity index (χ4n) is 4.48. The van der Waals surface area contributed by atoms with Crippen molar-refractivity contribution in [2.24, 2.45) is 11.8 Å². The van der Waals surface area contributed by atoms with Gasteiger partial charge in [0.15, 0.2) is 0 Å². The van der Waals surface area contributed by atoms with Crippen molar-refractivity contribution in [3.8, 4) is 0 Å². The van der Waals surface area contributed by atoms with Crippen molar-refractivity contribution in [3.05, 3.63) is 0 Å². The molecule has 2 aliphatic rings. The van der Waals surface area contributed by atoms with E-state index in [-0.39, 0.29) is 0 Å². The normalized spacial score (nSPS) is 28.6. The second kappa shape index (κ2) is 10.1. The van der Waals surface area contributed by atoms with Crippen molar-refractivity contribution in [1.29, 1.82) is 0 Å². The summed E-state index contributed by atoms with van der Waals surface area (Å²) < 4.78 is 5.99. The largest absolute Gasteiger partial charge is 0.376 e. The van der Waals surface area contributed by atoms with Crippen LogP contribution in [0, 0.1) is 11.8 Å². The van der Waals surface area contributed by atoms with E-state index < -0.39 is 0 Å². The molecule has 0 aromatic carbocycles. The minimum atomic E-state index is 0.390. The van der Waals surface area contributed by atoms with E-state index >= 15 is 0 Å².